The predicted molar refractivity (Wildman–Crippen MR) is 79.6 cm³/mol. The van der Waals surface area contributed by atoms with Gasteiger partial charge in [-0.05, 0) is 35.9 Å². The van der Waals surface area contributed by atoms with Crippen molar-refractivity contribution in [1.82, 2.24) is 4.98 Å². The summed E-state index contributed by atoms with van der Waals surface area (Å²) >= 11 is 0. The maximum Gasteiger partial charge on any atom is 0.256 e. The molecular formula is C14H15N3O3S. The first kappa shape index (κ1) is 15.1. The van der Waals surface area contributed by atoms with Crippen LogP contribution in [0.25, 0.3) is 0 Å². The minimum absolute atomic E-state index is 0.171. The van der Waals surface area contributed by atoms with Crippen molar-refractivity contribution in [2.24, 2.45) is 5.73 Å². The van der Waals surface area contributed by atoms with Crippen LogP contribution in [-0.4, -0.2) is 25.6 Å². The van der Waals surface area contributed by atoms with Gasteiger partial charge in [-0.1, -0.05) is 6.07 Å². The van der Waals surface area contributed by atoms with E-state index in [0.29, 0.717) is 17.9 Å². The van der Waals surface area contributed by atoms with Crippen LogP contribution >= 0.6 is 0 Å². The lowest BCUT2D eigenvalue weighted by Crippen LogP contribution is -2.13. The zero-order valence-corrected chi connectivity index (χ0v) is 12.2. The molecule has 0 unspecified atom stereocenters. The normalized spacial score (nSPS) is 11.1. The quantitative estimate of drug-likeness (QED) is 0.883. The molecule has 0 fully saturated rings. The Labute approximate surface area is 122 Å². The van der Waals surface area contributed by atoms with E-state index in [1.54, 1.807) is 18.3 Å². The second-order valence-electron chi connectivity index (χ2n) is 4.51. The molecule has 0 atom stereocenters. The molecule has 6 nitrogen and oxygen atoms in total. The molecule has 0 saturated carbocycles. The largest absolute Gasteiger partial charge is 0.326 e. The molecule has 7 heteroatoms. The highest BCUT2D eigenvalue weighted by Crippen LogP contribution is 2.12. The van der Waals surface area contributed by atoms with Gasteiger partial charge in [0.1, 0.15) is 5.82 Å². The monoisotopic (exact) mass is 305 g/mol. The Balaban J connectivity index is 2.12. The minimum atomic E-state index is -3.27. The van der Waals surface area contributed by atoms with Gasteiger partial charge < -0.3 is 11.1 Å². The first-order valence-electron chi connectivity index (χ1n) is 6.16. The molecule has 0 radical (unpaired) electrons. The summed E-state index contributed by atoms with van der Waals surface area (Å²) in [5, 5.41) is 2.63. The average molecular weight is 305 g/mol. The number of carbonyl (C=O) groups excluding carboxylic acids is 1. The van der Waals surface area contributed by atoms with Crippen LogP contribution in [0.3, 0.4) is 0 Å². The van der Waals surface area contributed by atoms with Crippen LogP contribution in [0.5, 0.6) is 0 Å². The number of sulfone groups is 1. The highest BCUT2D eigenvalue weighted by Gasteiger charge is 2.10. The van der Waals surface area contributed by atoms with Gasteiger partial charge in [0.2, 0.25) is 0 Å². The van der Waals surface area contributed by atoms with Gasteiger partial charge in [-0.3, -0.25) is 4.79 Å². The number of rotatable bonds is 4. The van der Waals surface area contributed by atoms with Gasteiger partial charge in [0.05, 0.1) is 4.90 Å². The number of benzene rings is 1. The van der Waals surface area contributed by atoms with E-state index in [2.05, 4.69) is 10.3 Å². The number of nitrogens with one attached hydrogen (secondary N) is 1. The molecule has 0 spiro atoms. The van der Waals surface area contributed by atoms with E-state index < -0.39 is 9.84 Å². The summed E-state index contributed by atoms with van der Waals surface area (Å²) in [5.41, 5.74) is 6.69. The highest BCUT2D eigenvalue weighted by molar-refractivity contribution is 7.90. The standard InChI is InChI=1S/C14H15N3O3S/c1-21(19,20)12-5-3-11(4-6-12)14(18)17-13-7-2-10(8-15)9-16-13/h2-7,9H,8,15H2,1H3,(H,16,17,18). The molecule has 1 heterocycles. The van der Waals surface area contributed by atoms with Crippen molar-refractivity contribution in [1.29, 1.82) is 0 Å². The molecule has 2 aromatic rings. The SMILES string of the molecule is CS(=O)(=O)c1ccc(C(=O)Nc2ccc(CN)cn2)cc1. The Kier molecular flexibility index (Phi) is 4.35. The van der Waals surface area contributed by atoms with Crippen LogP contribution in [0.15, 0.2) is 47.5 Å². The lowest BCUT2D eigenvalue weighted by atomic mass is 10.2. The van der Waals surface area contributed by atoms with Crippen LogP contribution in [0, 0.1) is 0 Å². The maximum atomic E-state index is 12.0. The molecule has 3 N–H and O–H groups in total. The van der Waals surface area contributed by atoms with Crippen LogP contribution in [0.4, 0.5) is 5.82 Å². The molecule has 1 aromatic heterocycles. The topological polar surface area (TPSA) is 102 Å². The number of anilines is 1. The van der Waals surface area contributed by atoms with E-state index in [0.717, 1.165) is 11.8 Å². The molecular weight excluding hydrogens is 290 g/mol. The lowest BCUT2D eigenvalue weighted by molar-refractivity contribution is 0.102. The van der Waals surface area contributed by atoms with Crippen molar-refractivity contribution in [3.05, 3.63) is 53.7 Å². The molecule has 0 bridgehead atoms. The van der Waals surface area contributed by atoms with Gasteiger partial charge >= 0.3 is 0 Å². The number of pyridine rings is 1. The molecule has 1 aromatic carbocycles. The molecule has 21 heavy (non-hydrogen) atoms. The Bertz CT molecular complexity index is 738. The van der Waals surface area contributed by atoms with Crippen LogP contribution in [-0.2, 0) is 16.4 Å². The molecule has 0 aliphatic heterocycles. The zero-order valence-electron chi connectivity index (χ0n) is 11.4. The Morgan fingerprint density at radius 3 is 2.33 bits per heavy atom. The van der Waals surface area contributed by atoms with Crippen molar-refractivity contribution in [2.45, 2.75) is 11.4 Å². The van der Waals surface area contributed by atoms with E-state index in [1.807, 2.05) is 0 Å². The lowest BCUT2D eigenvalue weighted by Gasteiger charge is -2.06. The van der Waals surface area contributed by atoms with Crippen molar-refractivity contribution in [2.75, 3.05) is 11.6 Å². The van der Waals surface area contributed by atoms with Gasteiger partial charge in [-0.25, -0.2) is 13.4 Å². The van der Waals surface area contributed by atoms with Gasteiger partial charge in [-0.15, -0.1) is 0 Å². The smallest absolute Gasteiger partial charge is 0.256 e. The summed E-state index contributed by atoms with van der Waals surface area (Å²) in [6.45, 7) is 0.383. The minimum Gasteiger partial charge on any atom is -0.326 e. The van der Waals surface area contributed by atoms with E-state index >= 15 is 0 Å². The van der Waals surface area contributed by atoms with Crippen molar-refractivity contribution < 1.29 is 13.2 Å². The molecule has 0 aliphatic carbocycles. The number of hydrogen-bond acceptors (Lipinski definition) is 5. The van der Waals surface area contributed by atoms with E-state index in [4.69, 9.17) is 5.73 Å². The van der Waals surface area contributed by atoms with Crippen molar-refractivity contribution >= 4 is 21.6 Å². The first-order valence-corrected chi connectivity index (χ1v) is 8.06. The van der Waals surface area contributed by atoms with Crippen LogP contribution in [0.2, 0.25) is 0 Å². The van der Waals surface area contributed by atoms with Crippen molar-refractivity contribution in [3.8, 4) is 0 Å². The third-order valence-corrected chi connectivity index (χ3v) is 3.98. The first-order chi connectivity index (χ1) is 9.90. The van der Waals surface area contributed by atoms with E-state index in [-0.39, 0.29) is 10.8 Å². The number of aromatic nitrogens is 1. The van der Waals surface area contributed by atoms with Crippen molar-refractivity contribution in [3.63, 3.8) is 0 Å². The molecule has 0 saturated heterocycles. The molecule has 2 rings (SSSR count). The summed E-state index contributed by atoms with van der Waals surface area (Å²) < 4.78 is 22.7. The zero-order chi connectivity index (χ0) is 15.5. The average Bonchev–Trinajstić information content (AvgIpc) is 2.47. The summed E-state index contributed by atoms with van der Waals surface area (Å²) in [4.78, 5) is 16.2. The summed E-state index contributed by atoms with van der Waals surface area (Å²) in [6.07, 6.45) is 2.70. The van der Waals surface area contributed by atoms with Gasteiger partial charge in [0, 0.05) is 24.6 Å². The number of amides is 1. The van der Waals surface area contributed by atoms with Crippen LogP contribution in [0.1, 0.15) is 15.9 Å². The summed E-state index contributed by atoms with van der Waals surface area (Å²) in [5.74, 6) is 0.0486. The summed E-state index contributed by atoms with van der Waals surface area (Å²) in [6, 6.07) is 9.14. The number of carbonyl (C=O) groups is 1. The van der Waals surface area contributed by atoms with Gasteiger partial charge in [0.25, 0.3) is 5.91 Å². The van der Waals surface area contributed by atoms with E-state index in [9.17, 15) is 13.2 Å². The number of hydrogen-bond donors (Lipinski definition) is 2. The molecule has 1 amide bonds. The fourth-order valence-corrected chi connectivity index (χ4v) is 2.29. The van der Waals surface area contributed by atoms with Gasteiger partial charge in [-0.2, -0.15) is 0 Å². The van der Waals surface area contributed by atoms with E-state index in [1.165, 1.54) is 24.3 Å². The van der Waals surface area contributed by atoms with Gasteiger partial charge in [0.15, 0.2) is 9.84 Å². The number of nitrogens with zero attached hydrogens (tertiary/aromatic N) is 1. The molecule has 0 aliphatic rings. The fourth-order valence-electron chi connectivity index (χ4n) is 1.66. The second kappa shape index (κ2) is 6.02. The Morgan fingerprint density at radius 1 is 1.19 bits per heavy atom. The maximum absolute atomic E-state index is 12.0. The third-order valence-electron chi connectivity index (χ3n) is 2.85. The highest BCUT2D eigenvalue weighted by atomic mass is 32.2. The Hall–Kier alpha value is -2.25. The third kappa shape index (κ3) is 3.87. The van der Waals surface area contributed by atoms with Crippen LogP contribution < -0.4 is 11.1 Å². The number of nitrogens with two attached hydrogens (primary N) is 1. The fraction of sp³-hybridized carbons (Fsp3) is 0.143. The predicted octanol–water partition coefficient (Wildman–Crippen LogP) is 1.20. The summed E-state index contributed by atoms with van der Waals surface area (Å²) in [7, 11) is -3.27. The Morgan fingerprint density at radius 2 is 1.86 bits per heavy atom. The second-order valence-corrected chi connectivity index (χ2v) is 6.52. The molecule has 110 valence electrons.